The molecule has 0 aliphatic carbocycles. The van der Waals surface area contributed by atoms with Crippen LogP contribution in [-0.4, -0.2) is 37.1 Å². The summed E-state index contributed by atoms with van der Waals surface area (Å²) in [6, 6.07) is 13.0. The topological polar surface area (TPSA) is 74.6 Å². The van der Waals surface area contributed by atoms with Crippen LogP contribution in [0.4, 0.5) is 5.69 Å². The number of benzene rings is 2. The second-order valence-electron chi connectivity index (χ2n) is 6.88. The van der Waals surface area contributed by atoms with Gasteiger partial charge in [-0.05, 0) is 55.3 Å². The first-order chi connectivity index (χ1) is 13.6. The molecule has 0 radical (unpaired) electrons. The number of amides is 1. The fourth-order valence-electron chi connectivity index (χ4n) is 3.75. The fraction of sp³-hybridized carbons (Fsp3) is 0.333. The van der Waals surface area contributed by atoms with Gasteiger partial charge in [0.2, 0.25) is 5.91 Å². The van der Waals surface area contributed by atoms with Crippen LogP contribution in [0, 0.1) is 11.3 Å². The maximum absolute atomic E-state index is 12.6. The predicted octanol–water partition coefficient (Wildman–Crippen LogP) is 3.76. The average molecular weight is 398 g/mol. The molecule has 28 heavy (non-hydrogen) atoms. The molecule has 0 bridgehead atoms. The van der Waals surface area contributed by atoms with Crippen molar-refractivity contribution in [1.82, 2.24) is 4.90 Å². The van der Waals surface area contributed by atoms with Crippen molar-refractivity contribution in [2.75, 3.05) is 31.6 Å². The number of ether oxygens (including phenoxy) is 2. The number of rotatable bonds is 4. The predicted molar refractivity (Wildman–Crippen MR) is 106 cm³/mol. The van der Waals surface area contributed by atoms with Crippen LogP contribution < -0.4 is 14.8 Å². The van der Waals surface area contributed by atoms with Crippen molar-refractivity contribution in [2.24, 2.45) is 0 Å². The van der Waals surface area contributed by atoms with Gasteiger partial charge in [0.1, 0.15) is 19.3 Å². The highest BCUT2D eigenvalue weighted by atomic mass is 35.5. The molecular weight excluding hydrogens is 378 g/mol. The Hall–Kier alpha value is -2.75. The van der Waals surface area contributed by atoms with E-state index in [1.165, 1.54) is 0 Å². The van der Waals surface area contributed by atoms with Crippen molar-refractivity contribution in [1.29, 1.82) is 5.26 Å². The van der Waals surface area contributed by atoms with E-state index >= 15 is 0 Å². The third-order valence-electron chi connectivity index (χ3n) is 5.04. The van der Waals surface area contributed by atoms with Crippen molar-refractivity contribution < 1.29 is 14.3 Å². The number of hydrogen-bond acceptors (Lipinski definition) is 5. The summed E-state index contributed by atoms with van der Waals surface area (Å²) in [5, 5.41) is 12.5. The molecule has 2 aromatic carbocycles. The van der Waals surface area contributed by atoms with Crippen LogP contribution in [-0.2, 0) is 4.79 Å². The Labute approximate surface area is 168 Å². The molecule has 2 aromatic rings. The molecule has 2 aliphatic heterocycles. The number of likely N-dealkylation sites (tertiary alicyclic amines) is 1. The van der Waals surface area contributed by atoms with Gasteiger partial charge in [-0.25, -0.2) is 0 Å². The first kappa shape index (κ1) is 18.6. The molecule has 0 saturated carbocycles. The summed E-state index contributed by atoms with van der Waals surface area (Å²) in [5.41, 5.74) is 1.95. The van der Waals surface area contributed by atoms with Crippen LogP contribution in [0.2, 0.25) is 5.02 Å². The van der Waals surface area contributed by atoms with E-state index in [0.29, 0.717) is 29.5 Å². The second kappa shape index (κ2) is 8.09. The molecule has 1 saturated heterocycles. The number of halogens is 1. The fourth-order valence-corrected chi connectivity index (χ4v) is 3.92. The third-order valence-corrected chi connectivity index (χ3v) is 5.27. The molecule has 4 rings (SSSR count). The summed E-state index contributed by atoms with van der Waals surface area (Å²) in [4.78, 5) is 14.8. The van der Waals surface area contributed by atoms with Crippen molar-refractivity contribution >= 4 is 23.2 Å². The Bertz CT molecular complexity index is 941. The normalized spacial score (nSPS) is 18.5. The van der Waals surface area contributed by atoms with E-state index in [1.54, 1.807) is 18.2 Å². The van der Waals surface area contributed by atoms with Gasteiger partial charge in [0, 0.05) is 11.1 Å². The highest BCUT2D eigenvalue weighted by Gasteiger charge is 2.29. The van der Waals surface area contributed by atoms with Gasteiger partial charge >= 0.3 is 0 Å². The zero-order valence-electron chi connectivity index (χ0n) is 15.3. The average Bonchev–Trinajstić information content (AvgIpc) is 3.15. The third kappa shape index (κ3) is 3.91. The van der Waals surface area contributed by atoms with E-state index in [0.717, 1.165) is 36.4 Å². The zero-order valence-corrected chi connectivity index (χ0v) is 16.0. The van der Waals surface area contributed by atoms with Crippen molar-refractivity contribution in [3.8, 4) is 17.6 Å². The highest BCUT2D eigenvalue weighted by Crippen LogP contribution is 2.38. The van der Waals surface area contributed by atoms with Gasteiger partial charge in [0.25, 0.3) is 0 Å². The Morgan fingerprint density at radius 3 is 2.86 bits per heavy atom. The Kier molecular flexibility index (Phi) is 5.38. The minimum absolute atomic E-state index is 0.149. The first-order valence-electron chi connectivity index (χ1n) is 9.27. The molecule has 2 aliphatic rings. The van der Waals surface area contributed by atoms with E-state index in [-0.39, 0.29) is 18.5 Å². The monoisotopic (exact) mass is 397 g/mol. The van der Waals surface area contributed by atoms with E-state index in [2.05, 4.69) is 16.3 Å². The zero-order chi connectivity index (χ0) is 19.5. The summed E-state index contributed by atoms with van der Waals surface area (Å²) in [5.74, 6) is 1.36. The van der Waals surface area contributed by atoms with E-state index < -0.39 is 0 Å². The Morgan fingerprint density at radius 1 is 1.21 bits per heavy atom. The molecule has 144 valence electrons. The van der Waals surface area contributed by atoms with Crippen LogP contribution in [0.15, 0.2) is 36.4 Å². The number of fused-ring (bicyclic) bond motifs is 1. The van der Waals surface area contributed by atoms with Crippen molar-refractivity contribution in [3.05, 3.63) is 52.5 Å². The molecule has 1 amide bonds. The largest absolute Gasteiger partial charge is 0.486 e. The number of carbonyl (C=O) groups excluding carboxylic acids is 1. The number of nitrogens with one attached hydrogen (secondary N) is 1. The van der Waals surface area contributed by atoms with Crippen molar-refractivity contribution in [2.45, 2.75) is 18.9 Å². The molecule has 0 aromatic heterocycles. The molecule has 1 N–H and O–H groups in total. The number of anilines is 1. The summed E-state index contributed by atoms with van der Waals surface area (Å²) in [6.45, 7) is 2.20. The molecule has 7 heteroatoms. The van der Waals surface area contributed by atoms with Gasteiger partial charge < -0.3 is 14.8 Å². The summed E-state index contributed by atoms with van der Waals surface area (Å²) < 4.78 is 11.3. The summed E-state index contributed by atoms with van der Waals surface area (Å²) in [6.07, 6.45) is 2.00. The lowest BCUT2D eigenvalue weighted by atomic mass is 10.0. The van der Waals surface area contributed by atoms with Crippen molar-refractivity contribution in [3.63, 3.8) is 0 Å². The smallest absolute Gasteiger partial charge is 0.238 e. The Morgan fingerprint density at radius 2 is 2.04 bits per heavy atom. The summed E-state index contributed by atoms with van der Waals surface area (Å²) in [7, 11) is 0. The number of nitrogens with zero attached hydrogens (tertiary/aromatic N) is 2. The number of hydrogen-bond donors (Lipinski definition) is 1. The van der Waals surface area contributed by atoms with Gasteiger partial charge in [0.15, 0.2) is 11.5 Å². The minimum Gasteiger partial charge on any atom is -0.486 e. The van der Waals surface area contributed by atoms with Crippen LogP contribution in [0.3, 0.4) is 0 Å². The second-order valence-corrected chi connectivity index (χ2v) is 7.32. The van der Waals surface area contributed by atoms with E-state index in [9.17, 15) is 10.1 Å². The quantitative estimate of drug-likeness (QED) is 0.850. The lowest BCUT2D eigenvalue weighted by Gasteiger charge is -2.26. The van der Waals surface area contributed by atoms with Gasteiger partial charge in [-0.2, -0.15) is 5.26 Å². The molecule has 1 atom stereocenters. The Balaban J connectivity index is 1.46. The van der Waals surface area contributed by atoms with E-state index in [1.807, 2.05) is 18.2 Å². The summed E-state index contributed by atoms with van der Waals surface area (Å²) >= 11 is 6.00. The highest BCUT2D eigenvalue weighted by molar-refractivity contribution is 6.31. The molecule has 0 spiro atoms. The van der Waals surface area contributed by atoms with E-state index in [4.69, 9.17) is 21.1 Å². The molecular formula is C21H20ClN3O3. The molecule has 0 unspecified atom stereocenters. The lowest BCUT2D eigenvalue weighted by molar-refractivity contribution is -0.117. The SMILES string of the molecule is N#Cc1ccc(Cl)cc1NC(=O)CN1CCC[C@@H]1c1ccc2c(c1)OCCO2. The number of nitriles is 1. The van der Waals surface area contributed by atoms with Crippen LogP contribution in [0.1, 0.15) is 30.0 Å². The maximum Gasteiger partial charge on any atom is 0.238 e. The van der Waals surface area contributed by atoms with Gasteiger partial charge in [-0.15, -0.1) is 0 Å². The van der Waals surface area contributed by atoms with Crippen LogP contribution in [0.5, 0.6) is 11.5 Å². The van der Waals surface area contributed by atoms with Gasteiger partial charge in [-0.3, -0.25) is 9.69 Å². The minimum atomic E-state index is -0.164. The standard InChI is InChI=1S/C21H20ClN3O3/c22-16-5-3-15(12-23)17(11-16)24-21(26)13-25-7-1-2-18(25)14-4-6-19-20(10-14)28-9-8-27-19/h3-6,10-11,18H,1-2,7-9,13H2,(H,24,26)/t18-/m1/s1. The maximum atomic E-state index is 12.6. The first-order valence-corrected chi connectivity index (χ1v) is 9.65. The molecule has 1 fully saturated rings. The van der Waals surface area contributed by atoms with Gasteiger partial charge in [-0.1, -0.05) is 17.7 Å². The molecule has 2 heterocycles. The lowest BCUT2D eigenvalue weighted by Crippen LogP contribution is -2.33. The molecule has 6 nitrogen and oxygen atoms in total. The van der Waals surface area contributed by atoms with Gasteiger partial charge in [0.05, 0.1) is 17.8 Å². The van der Waals surface area contributed by atoms with Crippen LogP contribution >= 0.6 is 11.6 Å². The number of carbonyl (C=O) groups is 1. The van der Waals surface area contributed by atoms with Crippen LogP contribution in [0.25, 0.3) is 0 Å².